The lowest BCUT2D eigenvalue weighted by Crippen LogP contribution is -2.33. The second-order valence-electron chi connectivity index (χ2n) is 5.48. The molecule has 1 aromatic heterocycles. The number of halogens is 1. The van der Waals surface area contributed by atoms with E-state index in [4.69, 9.17) is 0 Å². The minimum absolute atomic E-state index is 0.150. The summed E-state index contributed by atoms with van der Waals surface area (Å²) in [5, 5.41) is 0.813. The fourth-order valence-electron chi connectivity index (χ4n) is 2.89. The van der Waals surface area contributed by atoms with Gasteiger partial charge in [0.2, 0.25) is 5.91 Å². The number of hydrogen-bond acceptors (Lipinski definition) is 1. The molecule has 2 heterocycles. The molecule has 1 aliphatic heterocycles. The van der Waals surface area contributed by atoms with Gasteiger partial charge in [-0.25, -0.2) is 4.39 Å². The van der Waals surface area contributed by atoms with Gasteiger partial charge in [0.15, 0.2) is 0 Å². The van der Waals surface area contributed by atoms with Gasteiger partial charge < -0.3 is 9.88 Å². The van der Waals surface area contributed by atoms with Crippen molar-refractivity contribution in [1.29, 1.82) is 0 Å². The van der Waals surface area contributed by atoms with Crippen molar-refractivity contribution in [2.24, 2.45) is 0 Å². The zero-order valence-corrected chi connectivity index (χ0v) is 11.5. The van der Waals surface area contributed by atoms with Crippen molar-refractivity contribution in [2.75, 3.05) is 13.1 Å². The number of amides is 1. The first-order valence-electron chi connectivity index (χ1n) is 7.27. The van der Waals surface area contributed by atoms with Crippen LogP contribution in [0.1, 0.15) is 31.2 Å². The Balaban J connectivity index is 1.78. The highest BCUT2D eigenvalue weighted by Gasteiger charge is 2.17. The predicted molar refractivity (Wildman–Crippen MR) is 77.0 cm³/mol. The van der Waals surface area contributed by atoms with Crippen LogP contribution in [0.3, 0.4) is 0 Å². The van der Waals surface area contributed by atoms with Crippen molar-refractivity contribution in [2.45, 2.75) is 32.1 Å². The van der Waals surface area contributed by atoms with Gasteiger partial charge in [0.1, 0.15) is 5.82 Å². The minimum atomic E-state index is -0.263. The number of benzene rings is 1. The molecule has 0 unspecified atom stereocenters. The second-order valence-corrected chi connectivity index (χ2v) is 5.48. The molecule has 1 amide bonds. The number of carbonyl (C=O) groups is 1. The van der Waals surface area contributed by atoms with Crippen molar-refractivity contribution in [3.05, 3.63) is 35.8 Å². The van der Waals surface area contributed by atoms with E-state index < -0.39 is 0 Å². The number of rotatable bonds is 2. The molecule has 20 heavy (non-hydrogen) atoms. The van der Waals surface area contributed by atoms with Gasteiger partial charge in [-0.1, -0.05) is 12.8 Å². The number of hydrogen-bond donors (Lipinski definition) is 1. The first-order valence-corrected chi connectivity index (χ1v) is 7.27. The van der Waals surface area contributed by atoms with Crippen molar-refractivity contribution in [3.8, 4) is 0 Å². The normalized spacial score (nSPS) is 16.4. The molecule has 0 aliphatic carbocycles. The Bertz CT molecular complexity index is 612. The Labute approximate surface area is 117 Å². The Kier molecular flexibility index (Phi) is 3.72. The maximum absolute atomic E-state index is 13.3. The first-order chi connectivity index (χ1) is 9.74. The lowest BCUT2D eigenvalue weighted by Gasteiger charge is -2.20. The summed E-state index contributed by atoms with van der Waals surface area (Å²) in [6.45, 7) is 1.71. The van der Waals surface area contributed by atoms with Crippen LogP contribution < -0.4 is 0 Å². The van der Waals surface area contributed by atoms with Crippen LogP contribution in [0.4, 0.5) is 4.39 Å². The SMILES string of the molecule is O=C(Cc1c[nH]c2ccc(F)cc12)N1CCCCCC1. The standard InChI is InChI=1S/C16H19FN2O/c17-13-5-6-15-14(10-13)12(11-18-15)9-16(20)19-7-3-1-2-4-8-19/h5-6,10-11,18H,1-4,7-9H2. The van der Waals surface area contributed by atoms with Gasteiger partial charge in [0.05, 0.1) is 6.42 Å². The maximum atomic E-state index is 13.3. The molecular weight excluding hydrogens is 255 g/mol. The Morgan fingerprint density at radius 1 is 1.20 bits per heavy atom. The van der Waals surface area contributed by atoms with E-state index >= 15 is 0 Å². The molecule has 0 spiro atoms. The summed E-state index contributed by atoms with van der Waals surface area (Å²) >= 11 is 0. The van der Waals surface area contributed by atoms with Crippen molar-refractivity contribution in [3.63, 3.8) is 0 Å². The van der Waals surface area contributed by atoms with Crippen molar-refractivity contribution in [1.82, 2.24) is 9.88 Å². The molecule has 1 fully saturated rings. The van der Waals surface area contributed by atoms with Gasteiger partial charge in [-0.3, -0.25) is 4.79 Å². The fraction of sp³-hybridized carbons (Fsp3) is 0.438. The first kappa shape index (κ1) is 13.2. The summed E-state index contributed by atoms with van der Waals surface area (Å²) < 4.78 is 13.3. The highest BCUT2D eigenvalue weighted by molar-refractivity contribution is 5.89. The van der Waals surface area contributed by atoms with E-state index in [1.807, 2.05) is 11.1 Å². The summed E-state index contributed by atoms with van der Waals surface area (Å²) in [6.07, 6.45) is 6.77. The number of carbonyl (C=O) groups excluding carboxylic acids is 1. The number of aromatic amines is 1. The molecule has 3 nitrogen and oxygen atoms in total. The molecule has 2 aromatic rings. The van der Waals surface area contributed by atoms with Crippen molar-refractivity contribution >= 4 is 16.8 Å². The fourth-order valence-corrected chi connectivity index (χ4v) is 2.89. The number of fused-ring (bicyclic) bond motifs is 1. The van der Waals surface area contributed by atoms with Crippen LogP contribution in [-0.4, -0.2) is 28.9 Å². The lowest BCUT2D eigenvalue weighted by atomic mass is 10.1. The maximum Gasteiger partial charge on any atom is 0.227 e. The number of aromatic nitrogens is 1. The van der Waals surface area contributed by atoms with Gasteiger partial charge in [-0.05, 0) is 36.6 Å². The lowest BCUT2D eigenvalue weighted by molar-refractivity contribution is -0.130. The average Bonchev–Trinajstić information content (AvgIpc) is 2.67. The number of likely N-dealkylation sites (tertiary alicyclic amines) is 1. The third-order valence-corrected chi connectivity index (χ3v) is 4.03. The van der Waals surface area contributed by atoms with Crippen LogP contribution in [0, 0.1) is 5.82 Å². The molecule has 1 saturated heterocycles. The molecule has 1 aliphatic rings. The molecule has 106 valence electrons. The van der Waals surface area contributed by atoms with Gasteiger partial charge in [0, 0.05) is 30.2 Å². The Hall–Kier alpha value is -1.84. The van der Waals surface area contributed by atoms with Crippen LogP contribution >= 0.6 is 0 Å². The highest BCUT2D eigenvalue weighted by Crippen LogP contribution is 2.21. The minimum Gasteiger partial charge on any atom is -0.361 e. The zero-order chi connectivity index (χ0) is 13.9. The van der Waals surface area contributed by atoms with Gasteiger partial charge in [-0.2, -0.15) is 0 Å². The molecular formula is C16H19FN2O. The molecule has 3 rings (SSSR count). The van der Waals surface area contributed by atoms with E-state index in [1.54, 1.807) is 6.07 Å². The van der Waals surface area contributed by atoms with Crippen LogP contribution in [0.15, 0.2) is 24.4 Å². The average molecular weight is 274 g/mol. The predicted octanol–water partition coefficient (Wildman–Crippen LogP) is 3.25. The summed E-state index contributed by atoms with van der Waals surface area (Å²) in [4.78, 5) is 17.4. The quantitative estimate of drug-likeness (QED) is 0.896. The molecule has 1 aromatic carbocycles. The van der Waals surface area contributed by atoms with Crippen LogP contribution in [0.2, 0.25) is 0 Å². The highest BCUT2D eigenvalue weighted by atomic mass is 19.1. The third-order valence-electron chi connectivity index (χ3n) is 4.03. The van der Waals surface area contributed by atoms with Crippen molar-refractivity contribution < 1.29 is 9.18 Å². The van der Waals surface area contributed by atoms with Gasteiger partial charge >= 0.3 is 0 Å². The Morgan fingerprint density at radius 2 is 1.95 bits per heavy atom. The van der Waals surface area contributed by atoms with Crippen LogP contribution in [0.25, 0.3) is 10.9 Å². The topological polar surface area (TPSA) is 36.1 Å². The van der Waals surface area contributed by atoms with E-state index in [0.29, 0.717) is 6.42 Å². The summed E-state index contributed by atoms with van der Waals surface area (Å²) in [7, 11) is 0. The number of H-pyrrole nitrogens is 1. The molecule has 0 saturated carbocycles. The Morgan fingerprint density at radius 3 is 2.70 bits per heavy atom. The van der Waals surface area contributed by atoms with E-state index in [1.165, 1.54) is 25.0 Å². The van der Waals surface area contributed by atoms with Crippen LogP contribution in [-0.2, 0) is 11.2 Å². The second kappa shape index (κ2) is 5.65. The number of nitrogens with one attached hydrogen (secondary N) is 1. The van der Waals surface area contributed by atoms with E-state index in [9.17, 15) is 9.18 Å². The van der Waals surface area contributed by atoms with Crippen LogP contribution in [0.5, 0.6) is 0 Å². The summed E-state index contributed by atoms with van der Waals surface area (Å²) in [5.41, 5.74) is 1.76. The van der Waals surface area contributed by atoms with Gasteiger partial charge in [-0.15, -0.1) is 0 Å². The molecule has 0 radical (unpaired) electrons. The van der Waals surface area contributed by atoms with E-state index in [2.05, 4.69) is 4.98 Å². The van der Waals surface area contributed by atoms with E-state index in [-0.39, 0.29) is 11.7 Å². The molecule has 1 N–H and O–H groups in total. The summed E-state index contributed by atoms with van der Waals surface area (Å²) in [6, 6.07) is 4.64. The van der Waals surface area contributed by atoms with E-state index in [0.717, 1.165) is 42.4 Å². The largest absolute Gasteiger partial charge is 0.361 e. The van der Waals surface area contributed by atoms with Gasteiger partial charge in [0.25, 0.3) is 0 Å². The zero-order valence-electron chi connectivity index (χ0n) is 11.5. The molecule has 0 atom stereocenters. The molecule has 0 bridgehead atoms. The third kappa shape index (κ3) is 2.69. The number of nitrogens with zero attached hydrogens (tertiary/aromatic N) is 1. The smallest absolute Gasteiger partial charge is 0.227 e. The molecule has 4 heteroatoms. The monoisotopic (exact) mass is 274 g/mol. The summed E-state index contributed by atoms with van der Waals surface area (Å²) in [5.74, 6) is -0.113.